The molecule has 1 rings (SSSR count). The topological polar surface area (TPSA) is 64.7 Å². The molecule has 0 bridgehead atoms. The standard InChI is InChI=1S/C13H30N4O2S/c1-13(17-10-5-4-6-11-17)12-15-20(18,19)16(3)9-7-8-14-2/h13-15H,4-12H2,1-3H3. The minimum absolute atomic E-state index is 0.260. The maximum absolute atomic E-state index is 12.1. The van der Waals surface area contributed by atoms with Gasteiger partial charge in [-0.15, -0.1) is 0 Å². The van der Waals surface area contributed by atoms with E-state index in [9.17, 15) is 8.42 Å². The Kier molecular flexibility index (Phi) is 7.98. The zero-order chi connectivity index (χ0) is 15.0. The summed E-state index contributed by atoms with van der Waals surface area (Å²) in [6.45, 7) is 6.10. The number of nitrogens with one attached hydrogen (secondary N) is 2. The van der Waals surface area contributed by atoms with E-state index in [-0.39, 0.29) is 6.04 Å². The number of piperidine rings is 1. The van der Waals surface area contributed by atoms with Crippen LogP contribution in [-0.2, 0) is 10.2 Å². The van der Waals surface area contributed by atoms with Gasteiger partial charge in [-0.05, 0) is 52.9 Å². The van der Waals surface area contributed by atoms with Crippen molar-refractivity contribution in [3.63, 3.8) is 0 Å². The first-order valence-electron chi connectivity index (χ1n) is 7.57. The molecule has 6 nitrogen and oxygen atoms in total. The van der Waals surface area contributed by atoms with Crippen LogP contribution in [0.1, 0.15) is 32.6 Å². The number of hydrogen-bond acceptors (Lipinski definition) is 4. The van der Waals surface area contributed by atoms with Crippen LogP contribution in [0, 0.1) is 0 Å². The monoisotopic (exact) mass is 306 g/mol. The molecular weight excluding hydrogens is 276 g/mol. The van der Waals surface area contributed by atoms with E-state index in [2.05, 4.69) is 21.9 Å². The zero-order valence-electron chi connectivity index (χ0n) is 13.1. The van der Waals surface area contributed by atoms with Gasteiger partial charge in [-0.25, -0.2) is 4.72 Å². The zero-order valence-corrected chi connectivity index (χ0v) is 13.9. The highest BCUT2D eigenvalue weighted by Crippen LogP contribution is 2.11. The summed E-state index contributed by atoms with van der Waals surface area (Å²) < 4.78 is 28.3. The second-order valence-corrected chi connectivity index (χ2v) is 7.44. The minimum Gasteiger partial charge on any atom is -0.320 e. The van der Waals surface area contributed by atoms with E-state index in [1.165, 1.54) is 23.6 Å². The van der Waals surface area contributed by atoms with E-state index in [0.717, 1.165) is 26.1 Å². The van der Waals surface area contributed by atoms with Crippen LogP contribution in [-0.4, -0.2) is 70.5 Å². The predicted molar refractivity (Wildman–Crippen MR) is 83.0 cm³/mol. The van der Waals surface area contributed by atoms with Crippen molar-refractivity contribution in [2.24, 2.45) is 0 Å². The Morgan fingerprint density at radius 3 is 2.50 bits per heavy atom. The summed E-state index contributed by atoms with van der Waals surface area (Å²) in [5, 5.41) is 3.02. The van der Waals surface area contributed by atoms with E-state index >= 15 is 0 Å². The molecule has 0 spiro atoms. The highest BCUT2D eigenvalue weighted by Gasteiger charge is 2.21. The molecule has 20 heavy (non-hydrogen) atoms. The summed E-state index contributed by atoms with van der Waals surface area (Å²) in [7, 11) is 0.151. The SMILES string of the molecule is CNCCCN(C)S(=O)(=O)NCC(C)N1CCCCC1. The van der Waals surface area contributed by atoms with Crippen LogP contribution < -0.4 is 10.0 Å². The van der Waals surface area contributed by atoms with Gasteiger partial charge in [0.25, 0.3) is 10.2 Å². The lowest BCUT2D eigenvalue weighted by molar-refractivity contribution is 0.175. The van der Waals surface area contributed by atoms with E-state index in [4.69, 9.17) is 0 Å². The van der Waals surface area contributed by atoms with Gasteiger partial charge in [0.1, 0.15) is 0 Å². The molecule has 7 heteroatoms. The molecule has 1 saturated heterocycles. The Hall–Kier alpha value is -0.210. The molecule has 1 atom stereocenters. The number of rotatable bonds is 9. The molecule has 0 saturated carbocycles. The van der Waals surface area contributed by atoms with Crippen LogP contribution in [0.15, 0.2) is 0 Å². The van der Waals surface area contributed by atoms with Crippen molar-refractivity contribution in [2.75, 3.05) is 46.8 Å². The molecular formula is C13H30N4O2S. The normalized spacial score (nSPS) is 19.4. The van der Waals surface area contributed by atoms with E-state index in [0.29, 0.717) is 13.1 Å². The van der Waals surface area contributed by atoms with Gasteiger partial charge in [-0.3, -0.25) is 4.90 Å². The lowest BCUT2D eigenvalue weighted by atomic mass is 10.1. The third kappa shape index (κ3) is 6.05. The molecule has 0 aromatic carbocycles. The van der Waals surface area contributed by atoms with Crippen LogP contribution in [0.3, 0.4) is 0 Å². The van der Waals surface area contributed by atoms with Crippen molar-refractivity contribution in [1.29, 1.82) is 0 Å². The molecule has 120 valence electrons. The van der Waals surface area contributed by atoms with Gasteiger partial charge >= 0.3 is 0 Å². The molecule has 0 aromatic rings. The molecule has 0 radical (unpaired) electrons. The van der Waals surface area contributed by atoms with Gasteiger partial charge in [-0.1, -0.05) is 6.42 Å². The first-order chi connectivity index (χ1) is 9.47. The van der Waals surface area contributed by atoms with Crippen LogP contribution in [0.25, 0.3) is 0 Å². The van der Waals surface area contributed by atoms with Gasteiger partial charge in [0, 0.05) is 26.2 Å². The maximum Gasteiger partial charge on any atom is 0.279 e. The Morgan fingerprint density at radius 1 is 1.25 bits per heavy atom. The molecule has 0 aromatic heterocycles. The fourth-order valence-electron chi connectivity index (χ4n) is 2.42. The summed E-state index contributed by atoms with van der Waals surface area (Å²) in [5.74, 6) is 0. The third-order valence-corrected chi connectivity index (χ3v) is 5.42. The minimum atomic E-state index is -3.35. The fourth-order valence-corrected chi connectivity index (χ4v) is 3.46. The predicted octanol–water partition coefficient (Wildman–Crippen LogP) is 0.237. The van der Waals surface area contributed by atoms with Gasteiger partial charge in [0.15, 0.2) is 0 Å². The third-order valence-electron chi connectivity index (χ3n) is 3.89. The smallest absolute Gasteiger partial charge is 0.279 e. The van der Waals surface area contributed by atoms with Crippen molar-refractivity contribution in [1.82, 2.24) is 19.2 Å². The summed E-state index contributed by atoms with van der Waals surface area (Å²) in [6, 6.07) is 0.260. The molecule has 2 N–H and O–H groups in total. The molecule has 1 unspecified atom stereocenters. The van der Waals surface area contributed by atoms with E-state index in [1.807, 2.05) is 7.05 Å². The molecule has 1 heterocycles. The molecule has 1 aliphatic rings. The second kappa shape index (κ2) is 8.94. The lowest BCUT2D eigenvalue weighted by Crippen LogP contribution is -2.47. The first kappa shape index (κ1) is 17.8. The molecule has 0 aliphatic carbocycles. The Morgan fingerprint density at radius 2 is 1.90 bits per heavy atom. The van der Waals surface area contributed by atoms with Crippen molar-refractivity contribution in [3.05, 3.63) is 0 Å². The van der Waals surface area contributed by atoms with Gasteiger partial charge in [0.05, 0.1) is 0 Å². The number of hydrogen-bond donors (Lipinski definition) is 2. The van der Waals surface area contributed by atoms with Crippen LogP contribution in [0.2, 0.25) is 0 Å². The summed E-state index contributed by atoms with van der Waals surface area (Å²) >= 11 is 0. The maximum atomic E-state index is 12.1. The van der Waals surface area contributed by atoms with Crippen molar-refractivity contribution < 1.29 is 8.42 Å². The Labute approximate surface area is 124 Å². The number of likely N-dealkylation sites (tertiary alicyclic amines) is 1. The van der Waals surface area contributed by atoms with E-state index in [1.54, 1.807) is 7.05 Å². The van der Waals surface area contributed by atoms with Crippen LogP contribution in [0.4, 0.5) is 0 Å². The van der Waals surface area contributed by atoms with E-state index < -0.39 is 10.2 Å². The molecule has 0 amide bonds. The van der Waals surface area contributed by atoms with Gasteiger partial charge in [0.2, 0.25) is 0 Å². The summed E-state index contributed by atoms with van der Waals surface area (Å²) in [4.78, 5) is 2.37. The average molecular weight is 306 g/mol. The molecule has 1 fully saturated rings. The van der Waals surface area contributed by atoms with Crippen molar-refractivity contribution >= 4 is 10.2 Å². The van der Waals surface area contributed by atoms with Crippen LogP contribution >= 0.6 is 0 Å². The number of nitrogens with zero attached hydrogens (tertiary/aromatic N) is 2. The average Bonchev–Trinajstić information content (AvgIpc) is 2.46. The first-order valence-corrected chi connectivity index (χ1v) is 9.01. The Balaban J connectivity index is 2.33. The quantitative estimate of drug-likeness (QED) is 0.599. The van der Waals surface area contributed by atoms with Gasteiger partial charge in [-0.2, -0.15) is 12.7 Å². The molecule has 1 aliphatic heterocycles. The lowest BCUT2D eigenvalue weighted by Gasteiger charge is -2.32. The highest BCUT2D eigenvalue weighted by molar-refractivity contribution is 7.87. The highest BCUT2D eigenvalue weighted by atomic mass is 32.2. The summed E-state index contributed by atoms with van der Waals surface area (Å²) in [5.41, 5.74) is 0. The van der Waals surface area contributed by atoms with Gasteiger partial charge < -0.3 is 5.32 Å². The second-order valence-electron chi connectivity index (χ2n) is 5.58. The van der Waals surface area contributed by atoms with Crippen molar-refractivity contribution in [2.45, 2.75) is 38.6 Å². The van der Waals surface area contributed by atoms with Crippen molar-refractivity contribution in [3.8, 4) is 0 Å². The largest absolute Gasteiger partial charge is 0.320 e. The fraction of sp³-hybridized carbons (Fsp3) is 1.00. The summed E-state index contributed by atoms with van der Waals surface area (Å²) in [6.07, 6.45) is 4.56. The van der Waals surface area contributed by atoms with Crippen LogP contribution in [0.5, 0.6) is 0 Å². The Bertz CT molecular complexity index is 355.